The zero-order valence-electron chi connectivity index (χ0n) is 13.3. The summed E-state index contributed by atoms with van der Waals surface area (Å²) >= 11 is 0. The van der Waals surface area contributed by atoms with Crippen molar-refractivity contribution in [2.24, 2.45) is 0 Å². The quantitative estimate of drug-likeness (QED) is 0.875. The van der Waals surface area contributed by atoms with E-state index >= 15 is 0 Å². The molecule has 24 heavy (non-hydrogen) atoms. The van der Waals surface area contributed by atoms with Gasteiger partial charge in [0.15, 0.2) is 0 Å². The van der Waals surface area contributed by atoms with Crippen LogP contribution in [0.15, 0.2) is 42.7 Å². The van der Waals surface area contributed by atoms with Gasteiger partial charge in [0.05, 0.1) is 24.8 Å². The summed E-state index contributed by atoms with van der Waals surface area (Å²) in [6.45, 7) is 0.448. The van der Waals surface area contributed by atoms with E-state index < -0.39 is 12.1 Å². The second-order valence-electron chi connectivity index (χ2n) is 5.77. The van der Waals surface area contributed by atoms with Crippen molar-refractivity contribution in [2.75, 3.05) is 13.7 Å². The number of piperidine rings is 1. The molecule has 0 radical (unpaired) electrons. The van der Waals surface area contributed by atoms with Gasteiger partial charge in [0.1, 0.15) is 0 Å². The Labute approximate surface area is 139 Å². The molecule has 0 spiro atoms. The molecular formula is C17H19N3O4. The van der Waals surface area contributed by atoms with Crippen LogP contribution in [0.4, 0.5) is 4.79 Å². The SMILES string of the molecule is COC(=O)c1ccc(C2CC(n3cccn3)CCN2C(=O)O)cc1. The van der Waals surface area contributed by atoms with Crippen molar-refractivity contribution in [1.29, 1.82) is 0 Å². The third-order valence-electron chi connectivity index (χ3n) is 4.44. The first-order chi connectivity index (χ1) is 11.6. The van der Waals surface area contributed by atoms with Gasteiger partial charge in [-0.3, -0.25) is 4.68 Å². The Balaban J connectivity index is 1.85. The molecule has 1 aromatic heterocycles. The second-order valence-corrected chi connectivity index (χ2v) is 5.77. The minimum Gasteiger partial charge on any atom is -0.465 e. The van der Waals surface area contributed by atoms with Crippen LogP contribution in [-0.4, -0.2) is 45.5 Å². The van der Waals surface area contributed by atoms with E-state index in [4.69, 9.17) is 4.74 Å². The van der Waals surface area contributed by atoms with Gasteiger partial charge in [0.25, 0.3) is 0 Å². The predicted molar refractivity (Wildman–Crippen MR) is 85.8 cm³/mol. The molecule has 1 aliphatic heterocycles. The highest BCUT2D eigenvalue weighted by Gasteiger charge is 2.33. The molecule has 0 aliphatic carbocycles. The number of hydrogen-bond donors (Lipinski definition) is 1. The van der Waals surface area contributed by atoms with Gasteiger partial charge in [-0.25, -0.2) is 9.59 Å². The topological polar surface area (TPSA) is 84.7 Å². The van der Waals surface area contributed by atoms with E-state index in [0.717, 1.165) is 12.0 Å². The van der Waals surface area contributed by atoms with Crippen LogP contribution >= 0.6 is 0 Å². The van der Waals surface area contributed by atoms with Crippen LogP contribution in [0.3, 0.4) is 0 Å². The van der Waals surface area contributed by atoms with E-state index in [1.54, 1.807) is 30.5 Å². The molecule has 0 saturated carbocycles. The third kappa shape index (κ3) is 3.10. The molecule has 2 aromatic rings. The first-order valence-electron chi connectivity index (χ1n) is 7.77. The molecule has 7 heteroatoms. The number of carbonyl (C=O) groups excluding carboxylic acids is 1. The van der Waals surface area contributed by atoms with Gasteiger partial charge in [0, 0.05) is 18.9 Å². The number of carboxylic acid groups (broad SMARTS) is 1. The zero-order valence-corrected chi connectivity index (χ0v) is 13.3. The lowest BCUT2D eigenvalue weighted by Crippen LogP contribution is -2.40. The van der Waals surface area contributed by atoms with E-state index in [1.165, 1.54) is 12.0 Å². The Morgan fingerprint density at radius 2 is 2.04 bits per heavy atom. The van der Waals surface area contributed by atoms with Crippen molar-refractivity contribution < 1.29 is 19.4 Å². The van der Waals surface area contributed by atoms with Crippen LogP contribution in [0.5, 0.6) is 0 Å². The fourth-order valence-electron chi connectivity index (χ4n) is 3.19. The maximum atomic E-state index is 11.6. The Bertz CT molecular complexity index is 712. The van der Waals surface area contributed by atoms with Gasteiger partial charge in [0.2, 0.25) is 0 Å². The molecule has 2 heterocycles. The molecule has 1 aromatic carbocycles. The molecule has 1 N–H and O–H groups in total. The molecular weight excluding hydrogens is 310 g/mol. The lowest BCUT2D eigenvalue weighted by atomic mass is 9.91. The third-order valence-corrected chi connectivity index (χ3v) is 4.44. The van der Waals surface area contributed by atoms with Crippen LogP contribution < -0.4 is 0 Å². The van der Waals surface area contributed by atoms with Crippen LogP contribution in [0, 0.1) is 0 Å². The Kier molecular flexibility index (Phi) is 4.50. The molecule has 1 amide bonds. The number of nitrogens with zero attached hydrogens (tertiary/aromatic N) is 3. The largest absolute Gasteiger partial charge is 0.465 e. The molecule has 7 nitrogen and oxygen atoms in total. The zero-order chi connectivity index (χ0) is 17.1. The molecule has 2 unspecified atom stereocenters. The first kappa shape index (κ1) is 16.0. The monoisotopic (exact) mass is 329 g/mol. The summed E-state index contributed by atoms with van der Waals surface area (Å²) in [5.41, 5.74) is 1.31. The normalized spacial score (nSPS) is 20.6. The summed E-state index contributed by atoms with van der Waals surface area (Å²) < 4.78 is 6.58. The minimum atomic E-state index is -0.934. The van der Waals surface area contributed by atoms with Crippen molar-refractivity contribution in [2.45, 2.75) is 24.9 Å². The van der Waals surface area contributed by atoms with Gasteiger partial charge in [-0.1, -0.05) is 12.1 Å². The Morgan fingerprint density at radius 3 is 2.62 bits per heavy atom. The number of benzene rings is 1. The van der Waals surface area contributed by atoms with Gasteiger partial charge in [-0.05, 0) is 36.6 Å². The fourth-order valence-corrected chi connectivity index (χ4v) is 3.19. The Morgan fingerprint density at radius 1 is 1.29 bits per heavy atom. The molecule has 3 rings (SSSR count). The maximum Gasteiger partial charge on any atom is 0.407 e. The van der Waals surface area contributed by atoms with Crippen molar-refractivity contribution >= 4 is 12.1 Å². The van der Waals surface area contributed by atoms with Crippen LogP contribution in [0.25, 0.3) is 0 Å². The van der Waals surface area contributed by atoms with Gasteiger partial charge < -0.3 is 14.7 Å². The average Bonchev–Trinajstić information content (AvgIpc) is 3.15. The molecule has 2 atom stereocenters. The van der Waals surface area contributed by atoms with Crippen LogP contribution in [0.1, 0.15) is 40.8 Å². The Hall–Kier alpha value is -2.83. The number of aromatic nitrogens is 2. The second kappa shape index (κ2) is 6.74. The van der Waals surface area contributed by atoms with E-state index in [2.05, 4.69) is 5.10 Å². The summed E-state index contributed by atoms with van der Waals surface area (Å²) in [5.74, 6) is -0.408. The highest BCUT2D eigenvalue weighted by Crippen LogP contribution is 2.36. The molecule has 0 bridgehead atoms. The van der Waals surface area contributed by atoms with E-state index in [0.29, 0.717) is 18.5 Å². The number of amides is 1. The number of rotatable bonds is 3. The smallest absolute Gasteiger partial charge is 0.407 e. The maximum absolute atomic E-state index is 11.6. The fraction of sp³-hybridized carbons (Fsp3) is 0.353. The van der Waals surface area contributed by atoms with Crippen LogP contribution in [0.2, 0.25) is 0 Å². The number of methoxy groups -OCH3 is 1. The standard InChI is InChI=1S/C17H19N3O4/c1-24-16(21)13-5-3-12(4-6-13)15-11-14(20-9-2-8-18-20)7-10-19(15)17(22)23/h2-6,8-9,14-15H,7,10-11H2,1H3,(H,22,23). The molecule has 1 fully saturated rings. The van der Waals surface area contributed by atoms with E-state index in [-0.39, 0.29) is 12.1 Å². The molecule has 1 aliphatic rings. The van der Waals surface area contributed by atoms with Gasteiger partial charge in [-0.15, -0.1) is 0 Å². The predicted octanol–water partition coefficient (Wildman–Crippen LogP) is 2.73. The van der Waals surface area contributed by atoms with Crippen LogP contribution in [-0.2, 0) is 4.74 Å². The summed E-state index contributed by atoms with van der Waals surface area (Å²) in [7, 11) is 1.33. The van der Waals surface area contributed by atoms with Crippen molar-refractivity contribution in [3.63, 3.8) is 0 Å². The first-order valence-corrected chi connectivity index (χ1v) is 7.77. The highest BCUT2D eigenvalue weighted by molar-refractivity contribution is 5.89. The summed E-state index contributed by atoms with van der Waals surface area (Å²) in [4.78, 5) is 24.6. The summed E-state index contributed by atoms with van der Waals surface area (Å²) in [6.07, 6.45) is 4.06. The van der Waals surface area contributed by atoms with E-state index in [1.807, 2.05) is 16.9 Å². The van der Waals surface area contributed by atoms with E-state index in [9.17, 15) is 14.7 Å². The number of hydrogen-bond acceptors (Lipinski definition) is 4. The van der Waals surface area contributed by atoms with Gasteiger partial charge in [-0.2, -0.15) is 5.10 Å². The number of esters is 1. The number of carbonyl (C=O) groups is 2. The number of likely N-dealkylation sites (tertiary alicyclic amines) is 1. The van der Waals surface area contributed by atoms with Crippen molar-refractivity contribution in [1.82, 2.24) is 14.7 Å². The molecule has 126 valence electrons. The number of ether oxygens (including phenoxy) is 1. The summed E-state index contributed by atoms with van der Waals surface area (Å²) in [6, 6.07) is 8.66. The highest BCUT2D eigenvalue weighted by atomic mass is 16.5. The lowest BCUT2D eigenvalue weighted by Gasteiger charge is -2.38. The summed E-state index contributed by atoms with van der Waals surface area (Å²) in [5, 5.41) is 13.8. The minimum absolute atomic E-state index is 0.154. The van der Waals surface area contributed by atoms with Crippen molar-refractivity contribution in [3.8, 4) is 0 Å². The van der Waals surface area contributed by atoms with Gasteiger partial charge >= 0.3 is 12.1 Å². The lowest BCUT2D eigenvalue weighted by molar-refractivity contribution is 0.0600. The average molecular weight is 329 g/mol. The molecule has 1 saturated heterocycles. The van der Waals surface area contributed by atoms with Crippen molar-refractivity contribution in [3.05, 3.63) is 53.9 Å².